The first-order valence-electron chi connectivity index (χ1n) is 10.9. The largest absolute Gasteiger partial charge is 0.521 e. The van der Waals surface area contributed by atoms with E-state index in [0.29, 0.717) is 23.0 Å². The van der Waals surface area contributed by atoms with E-state index < -0.39 is 12.3 Å². The quantitative estimate of drug-likeness (QED) is 0.223. The van der Waals surface area contributed by atoms with Gasteiger partial charge in [-0.05, 0) is 47.5 Å². The fourth-order valence-corrected chi connectivity index (χ4v) is 3.40. The van der Waals surface area contributed by atoms with Crippen LogP contribution in [-0.4, -0.2) is 12.3 Å². The Balaban J connectivity index is 1.36. The molecule has 0 bridgehead atoms. The van der Waals surface area contributed by atoms with Crippen molar-refractivity contribution in [2.75, 3.05) is 0 Å². The molecule has 0 saturated heterocycles. The number of para-hydroxylation sites is 1. The summed E-state index contributed by atoms with van der Waals surface area (Å²) in [5.74, 6) is 1.55. The Morgan fingerprint density at radius 3 is 1.63 bits per heavy atom. The van der Waals surface area contributed by atoms with Gasteiger partial charge in [-0.2, -0.15) is 0 Å². The van der Waals surface area contributed by atoms with Crippen molar-refractivity contribution >= 4 is 12.3 Å². The first kappa shape index (κ1) is 23.5. The summed E-state index contributed by atoms with van der Waals surface area (Å²) in [7, 11) is 0. The maximum absolute atomic E-state index is 12.0. The molecule has 1 aliphatic rings. The van der Waals surface area contributed by atoms with Gasteiger partial charge in [-0.3, -0.25) is 0 Å². The monoisotopic (exact) mass is 467 g/mol. The van der Waals surface area contributed by atoms with Crippen LogP contribution >= 0.6 is 0 Å². The van der Waals surface area contributed by atoms with Gasteiger partial charge in [0.25, 0.3) is 0 Å². The number of carbonyl (C=O) groups is 2. The van der Waals surface area contributed by atoms with E-state index in [1.54, 1.807) is 72.8 Å². The summed E-state index contributed by atoms with van der Waals surface area (Å²) in [6, 6.07) is 23.2. The fourth-order valence-electron chi connectivity index (χ4n) is 3.40. The van der Waals surface area contributed by atoms with Gasteiger partial charge in [0.05, 0.1) is 12.2 Å². The van der Waals surface area contributed by atoms with Gasteiger partial charge in [-0.25, -0.2) is 9.59 Å². The Bertz CT molecular complexity index is 1270. The van der Waals surface area contributed by atoms with Crippen molar-refractivity contribution in [2.45, 2.75) is 19.3 Å². The van der Waals surface area contributed by atoms with E-state index in [1.165, 1.54) is 0 Å². The van der Waals surface area contributed by atoms with Crippen LogP contribution in [0, 0.1) is 6.08 Å². The van der Waals surface area contributed by atoms with Gasteiger partial charge in [0, 0.05) is 11.5 Å². The number of hydrogen-bond donors (Lipinski definition) is 0. The zero-order valence-electron chi connectivity index (χ0n) is 19.3. The van der Waals surface area contributed by atoms with E-state index >= 15 is 0 Å². The molecular weight excluding hydrogens is 444 g/mol. The minimum Gasteiger partial charge on any atom is -0.395 e. The predicted octanol–water partition coefficient (Wildman–Crippen LogP) is 6.92. The van der Waals surface area contributed by atoms with Gasteiger partial charge in [0.2, 0.25) is 5.76 Å². The Kier molecular flexibility index (Phi) is 7.05. The van der Waals surface area contributed by atoms with Crippen LogP contribution in [-0.2, 0) is 10.2 Å². The minimum atomic E-state index is -0.815. The lowest BCUT2D eigenvalue weighted by Crippen LogP contribution is -2.19. The minimum absolute atomic E-state index is 0.358. The first-order chi connectivity index (χ1) is 16.9. The van der Waals surface area contributed by atoms with Crippen LogP contribution in [0.5, 0.6) is 17.2 Å². The van der Waals surface area contributed by atoms with E-state index in [2.05, 4.69) is 19.9 Å². The van der Waals surface area contributed by atoms with Crippen molar-refractivity contribution in [3.05, 3.63) is 126 Å². The number of rotatable bonds is 6. The molecule has 0 heterocycles. The predicted molar refractivity (Wildman–Crippen MR) is 130 cm³/mol. The van der Waals surface area contributed by atoms with E-state index in [4.69, 9.17) is 18.9 Å². The number of allylic oxidation sites excluding steroid dienone is 5. The Morgan fingerprint density at radius 2 is 1.14 bits per heavy atom. The third kappa shape index (κ3) is 6.22. The molecule has 0 N–H and O–H groups in total. The molecule has 3 aromatic rings. The summed E-state index contributed by atoms with van der Waals surface area (Å²) in [6.45, 7) is 4.14. The topological polar surface area (TPSA) is 71.1 Å². The lowest BCUT2D eigenvalue weighted by molar-refractivity contribution is 0.129. The van der Waals surface area contributed by atoms with Crippen molar-refractivity contribution in [3.8, 4) is 17.2 Å². The van der Waals surface area contributed by atoms with Crippen LogP contribution in [0.2, 0.25) is 0 Å². The zero-order valence-corrected chi connectivity index (χ0v) is 19.3. The van der Waals surface area contributed by atoms with Crippen molar-refractivity contribution in [1.82, 2.24) is 0 Å². The third-order valence-corrected chi connectivity index (χ3v) is 5.39. The SMILES string of the molecule is CC(C)(c1ccc(OC(=O)OC2=CC=[C+]C=C2)cc1)c1ccc(OC(=O)Oc2ccccc2)cc1. The molecule has 0 atom stereocenters. The summed E-state index contributed by atoms with van der Waals surface area (Å²) in [5, 5.41) is 0. The summed E-state index contributed by atoms with van der Waals surface area (Å²) >= 11 is 0. The van der Waals surface area contributed by atoms with Gasteiger partial charge in [0.1, 0.15) is 29.4 Å². The molecule has 0 amide bonds. The molecule has 4 rings (SSSR count). The van der Waals surface area contributed by atoms with E-state index in [0.717, 1.165) is 11.1 Å². The lowest BCUT2D eigenvalue weighted by atomic mass is 9.78. The van der Waals surface area contributed by atoms with Gasteiger partial charge in [0.15, 0.2) is 0 Å². The van der Waals surface area contributed by atoms with E-state index in [9.17, 15) is 9.59 Å². The zero-order chi connectivity index (χ0) is 24.7. The maximum Gasteiger partial charge on any atom is 0.521 e. The van der Waals surface area contributed by atoms with Gasteiger partial charge >= 0.3 is 12.3 Å². The molecule has 3 aromatic carbocycles. The Labute approximate surface area is 203 Å². The summed E-state index contributed by atoms with van der Waals surface area (Å²) < 4.78 is 20.8. The molecule has 0 aromatic heterocycles. The maximum atomic E-state index is 12.0. The number of benzene rings is 3. The van der Waals surface area contributed by atoms with Crippen LogP contribution in [0.4, 0.5) is 9.59 Å². The van der Waals surface area contributed by atoms with Gasteiger partial charge < -0.3 is 18.9 Å². The molecule has 6 heteroatoms. The van der Waals surface area contributed by atoms with Gasteiger partial charge in [-0.1, -0.05) is 56.3 Å². The standard InChI is InChI=1S/C29H23O6/c1-29(2,21-13-17-25(18-14-21)34-27(30)32-23-9-5-3-6-10-23)22-15-19-26(20-16-22)35-28(31)33-24-11-7-4-8-12-24/h3,5-20H,1-2H3/q+1. The van der Waals surface area contributed by atoms with Crippen molar-refractivity contribution in [1.29, 1.82) is 0 Å². The normalized spacial score (nSPS) is 12.2. The highest BCUT2D eigenvalue weighted by Crippen LogP contribution is 2.33. The average molecular weight is 467 g/mol. The molecule has 174 valence electrons. The van der Waals surface area contributed by atoms with E-state index in [1.807, 2.05) is 30.3 Å². The Hall–Kier alpha value is -4.67. The van der Waals surface area contributed by atoms with Crippen LogP contribution in [0.1, 0.15) is 25.0 Å². The first-order valence-corrected chi connectivity index (χ1v) is 10.9. The molecule has 0 radical (unpaired) electrons. The number of ether oxygens (including phenoxy) is 4. The Morgan fingerprint density at radius 1 is 0.657 bits per heavy atom. The highest BCUT2D eigenvalue weighted by molar-refractivity contribution is 5.67. The van der Waals surface area contributed by atoms with Crippen LogP contribution in [0.15, 0.2) is 109 Å². The molecule has 0 saturated carbocycles. The molecule has 0 fully saturated rings. The fraction of sp³-hybridized carbons (Fsp3) is 0.103. The van der Waals surface area contributed by atoms with Crippen LogP contribution < -0.4 is 14.2 Å². The lowest BCUT2D eigenvalue weighted by Gasteiger charge is -2.26. The van der Waals surface area contributed by atoms with Gasteiger partial charge in [-0.15, -0.1) is 0 Å². The summed E-state index contributed by atoms with van der Waals surface area (Å²) in [5.41, 5.74) is 1.66. The van der Waals surface area contributed by atoms with Crippen molar-refractivity contribution in [3.63, 3.8) is 0 Å². The molecular formula is C29H23O6+. The summed E-state index contributed by atoms with van der Waals surface area (Å²) in [6.07, 6.45) is 7.77. The van der Waals surface area contributed by atoms with Crippen LogP contribution in [0.25, 0.3) is 0 Å². The second-order valence-electron chi connectivity index (χ2n) is 8.13. The average Bonchev–Trinajstić information content (AvgIpc) is 2.86. The number of carbonyl (C=O) groups excluding carboxylic acids is 2. The third-order valence-electron chi connectivity index (χ3n) is 5.39. The summed E-state index contributed by atoms with van der Waals surface area (Å²) in [4.78, 5) is 24.0. The second kappa shape index (κ2) is 10.5. The molecule has 0 aliphatic heterocycles. The van der Waals surface area contributed by atoms with Crippen molar-refractivity contribution < 1.29 is 28.5 Å². The molecule has 0 spiro atoms. The molecule has 0 unspecified atom stereocenters. The molecule has 35 heavy (non-hydrogen) atoms. The van der Waals surface area contributed by atoms with Crippen LogP contribution in [0.3, 0.4) is 0 Å². The second-order valence-corrected chi connectivity index (χ2v) is 8.13. The highest BCUT2D eigenvalue weighted by Gasteiger charge is 2.24. The van der Waals surface area contributed by atoms with Crippen molar-refractivity contribution in [2.24, 2.45) is 0 Å². The van der Waals surface area contributed by atoms with E-state index in [-0.39, 0.29) is 5.41 Å². The molecule has 1 aliphatic carbocycles. The highest BCUT2D eigenvalue weighted by atomic mass is 16.7. The number of hydrogen-bond acceptors (Lipinski definition) is 6. The molecule has 6 nitrogen and oxygen atoms in total. The smallest absolute Gasteiger partial charge is 0.395 e.